The molecular weight excluding hydrogens is 295 g/mol. The molecule has 2 heteroatoms. The van der Waals surface area contributed by atoms with Crippen LogP contribution < -0.4 is 0 Å². The van der Waals surface area contributed by atoms with Crippen molar-refractivity contribution in [1.29, 1.82) is 0 Å². The maximum Gasteiger partial charge on any atom is 0 e. The Balaban J connectivity index is -0.0000000800. The summed E-state index contributed by atoms with van der Waals surface area (Å²) in [6.45, 7) is 7.56. The normalized spacial score (nSPS) is 8.57. The van der Waals surface area contributed by atoms with Crippen molar-refractivity contribution in [2.75, 3.05) is 0 Å². The second-order valence-corrected chi connectivity index (χ2v) is 1.14. The van der Waals surface area contributed by atoms with Gasteiger partial charge in [0.1, 0.15) is 0 Å². The summed E-state index contributed by atoms with van der Waals surface area (Å²) < 4.78 is 0. The largest absolute Gasteiger partial charge is 0.242 e. The van der Waals surface area contributed by atoms with Gasteiger partial charge in [-0.15, -0.1) is 6.92 Å². The maximum absolute atomic E-state index is 3.62. The topological polar surface area (TPSA) is 0 Å². The zero-order valence-electron chi connectivity index (χ0n) is 4.64. The Labute approximate surface area is 71.9 Å². The van der Waals surface area contributed by atoms with E-state index in [1.54, 1.807) is 0 Å². The predicted octanol–water partition coefficient (Wildman–Crippen LogP) is 1.78. The van der Waals surface area contributed by atoms with Gasteiger partial charge in [0.2, 0.25) is 0 Å². The smallest absolute Gasteiger partial charge is 0 e. The molecule has 0 aromatic rings. The molecular formula is C5H9VW-. The third-order valence-electron chi connectivity index (χ3n) is 0.493. The van der Waals surface area contributed by atoms with E-state index in [9.17, 15) is 0 Å². The third kappa shape index (κ3) is 19.7. The summed E-state index contributed by atoms with van der Waals surface area (Å²) in [6, 6.07) is 0. The Hall–Kier alpha value is 0.883. The van der Waals surface area contributed by atoms with E-state index in [0.717, 1.165) is 5.57 Å². The number of rotatable bonds is 0. The van der Waals surface area contributed by atoms with Gasteiger partial charge < -0.3 is 0 Å². The average molecular weight is 304 g/mol. The van der Waals surface area contributed by atoms with Crippen molar-refractivity contribution in [1.82, 2.24) is 0 Å². The summed E-state index contributed by atoms with van der Waals surface area (Å²) in [4.78, 5) is 0. The van der Waals surface area contributed by atoms with Gasteiger partial charge in [-0.05, 0) is 0 Å². The van der Waals surface area contributed by atoms with E-state index in [1.807, 2.05) is 19.9 Å². The minimum absolute atomic E-state index is 0. The summed E-state index contributed by atoms with van der Waals surface area (Å²) in [7, 11) is 0. The standard InChI is InChI=1S/C5H9.V.W/c1-4-5(2)3;;/h4H,2H2,1,3H3;;/q-1;;/b5-4-;;. The van der Waals surface area contributed by atoms with Gasteiger partial charge in [0.05, 0.1) is 0 Å². The fourth-order valence-corrected chi connectivity index (χ4v) is 0. The van der Waals surface area contributed by atoms with Crippen LogP contribution >= 0.6 is 0 Å². The average Bonchev–Trinajstić information content (AvgIpc) is 1.38. The van der Waals surface area contributed by atoms with E-state index in [2.05, 4.69) is 6.92 Å². The molecule has 0 amide bonds. The van der Waals surface area contributed by atoms with E-state index < -0.39 is 0 Å². The van der Waals surface area contributed by atoms with Crippen molar-refractivity contribution < 1.29 is 39.6 Å². The molecule has 0 saturated carbocycles. The van der Waals surface area contributed by atoms with E-state index in [1.165, 1.54) is 0 Å². The zero-order valence-corrected chi connectivity index (χ0v) is 8.97. The summed E-state index contributed by atoms with van der Waals surface area (Å²) in [5.41, 5.74) is 1.13. The molecule has 41 valence electrons. The summed E-state index contributed by atoms with van der Waals surface area (Å²) in [5, 5.41) is 0. The van der Waals surface area contributed by atoms with Crippen molar-refractivity contribution in [2.45, 2.75) is 13.8 Å². The van der Waals surface area contributed by atoms with Gasteiger partial charge in [0.25, 0.3) is 0 Å². The minimum Gasteiger partial charge on any atom is -0.242 e. The maximum atomic E-state index is 3.62. The van der Waals surface area contributed by atoms with Gasteiger partial charge in [0.15, 0.2) is 0 Å². The van der Waals surface area contributed by atoms with Gasteiger partial charge in [-0.25, -0.2) is 18.6 Å². The zero-order chi connectivity index (χ0) is 4.28. The van der Waals surface area contributed by atoms with Gasteiger partial charge in [-0.3, -0.25) is 0 Å². The molecule has 0 N–H and O–H groups in total. The van der Waals surface area contributed by atoms with Gasteiger partial charge in [0, 0.05) is 39.6 Å². The first-order valence-electron chi connectivity index (χ1n) is 1.72. The van der Waals surface area contributed by atoms with E-state index in [4.69, 9.17) is 0 Å². The van der Waals surface area contributed by atoms with Crippen LogP contribution in [-0.4, -0.2) is 0 Å². The first-order chi connectivity index (χ1) is 2.27. The minimum atomic E-state index is 0. The second-order valence-electron chi connectivity index (χ2n) is 1.14. The molecule has 0 bridgehead atoms. The van der Waals surface area contributed by atoms with Crippen molar-refractivity contribution in [3.63, 3.8) is 0 Å². The number of hydrogen-bond donors (Lipinski definition) is 0. The Morgan fingerprint density at radius 1 is 1.57 bits per heavy atom. The molecule has 0 atom stereocenters. The van der Waals surface area contributed by atoms with Crippen LogP contribution in [0.1, 0.15) is 13.8 Å². The summed E-state index contributed by atoms with van der Waals surface area (Å²) in [5.74, 6) is 0. The van der Waals surface area contributed by atoms with E-state index in [0.29, 0.717) is 0 Å². The first kappa shape index (κ1) is 15.7. The molecule has 0 aliphatic heterocycles. The molecule has 0 aliphatic rings. The molecule has 0 spiro atoms. The van der Waals surface area contributed by atoms with Crippen LogP contribution in [0.2, 0.25) is 0 Å². The monoisotopic (exact) mass is 304 g/mol. The summed E-state index contributed by atoms with van der Waals surface area (Å²) >= 11 is 0. The first-order valence-corrected chi connectivity index (χ1v) is 1.72. The fourth-order valence-electron chi connectivity index (χ4n) is 0. The van der Waals surface area contributed by atoms with Gasteiger partial charge in [-0.2, -0.15) is 0 Å². The molecule has 0 unspecified atom stereocenters. The Morgan fingerprint density at radius 3 is 1.71 bits per heavy atom. The summed E-state index contributed by atoms with van der Waals surface area (Å²) in [6.07, 6.45) is 1.97. The quantitative estimate of drug-likeness (QED) is 0.599. The van der Waals surface area contributed by atoms with Crippen LogP contribution in [0, 0.1) is 6.92 Å². The van der Waals surface area contributed by atoms with Crippen LogP contribution in [0.15, 0.2) is 11.6 Å². The molecule has 0 aromatic heterocycles. The molecule has 0 heterocycles. The Kier molecular flexibility index (Phi) is 22.4. The number of hydrogen-bond acceptors (Lipinski definition) is 0. The fraction of sp³-hybridized carbons (Fsp3) is 0.400. The third-order valence-corrected chi connectivity index (χ3v) is 0.493. The number of allylic oxidation sites excluding steroid dienone is 2. The SMILES string of the molecule is [CH2-]/C(C)=C/C.[V].[W]. The van der Waals surface area contributed by atoms with Crippen LogP contribution in [0.25, 0.3) is 0 Å². The van der Waals surface area contributed by atoms with Crippen LogP contribution in [-0.2, 0) is 39.6 Å². The molecule has 0 saturated heterocycles. The molecule has 0 aromatic carbocycles. The van der Waals surface area contributed by atoms with Crippen molar-refractivity contribution in [2.24, 2.45) is 0 Å². The van der Waals surface area contributed by atoms with Gasteiger partial charge >= 0.3 is 0 Å². The van der Waals surface area contributed by atoms with Crippen LogP contribution in [0.3, 0.4) is 0 Å². The predicted molar refractivity (Wildman–Crippen MR) is 24.8 cm³/mol. The van der Waals surface area contributed by atoms with Crippen molar-refractivity contribution in [3.05, 3.63) is 18.6 Å². The second kappa shape index (κ2) is 9.99. The van der Waals surface area contributed by atoms with E-state index >= 15 is 0 Å². The Morgan fingerprint density at radius 2 is 1.71 bits per heavy atom. The van der Waals surface area contributed by atoms with Crippen molar-refractivity contribution >= 4 is 0 Å². The molecule has 7 heavy (non-hydrogen) atoms. The molecule has 0 rings (SSSR count). The Bertz CT molecular complexity index is 46.0. The molecule has 1 radical (unpaired) electrons. The van der Waals surface area contributed by atoms with Gasteiger partial charge in [-0.1, -0.05) is 6.92 Å². The van der Waals surface area contributed by atoms with Crippen molar-refractivity contribution in [3.8, 4) is 0 Å². The molecule has 0 aliphatic carbocycles. The van der Waals surface area contributed by atoms with E-state index in [-0.39, 0.29) is 39.6 Å². The van der Waals surface area contributed by atoms with Crippen LogP contribution in [0.5, 0.6) is 0 Å². The van der Waals surface area contributed by atoms with Crippen LogP contribution in [0.4, 0.5) is 0 Å². The molecule has 0 nitrogen and oxygen atoms in total. The molecule has 0 fully saturated rings.